The number of hydrogen-bond donors (Lipinski definition) is 1. The number of benzene rings is 3. The van der Waals surface area contributed by atoms with E-state index in [1.165, 1.54) is 6.07 Å². The largest absolute Gasteiger partial charge is 0.478 e. The lowest BCUT2D eigenvalue weighted by molar-refractivity contribution is 0.0696. The summed E-state index contributed by atoms with van der Waals surface area (Å²) in [4.78, 5) is 31.8. The average molecular weight is 557 g/mol. The molecule has 2 heterocycles. The number of aryl methyl sites for hydroxylation is 1. The summed E-state index contributed by atoms with van der Waals surface area (Å²) in [6.45, 7) is 1.83. The molecule has 0 aliphatic carbocycles. The van der Waals surface area contributed by atoms with Crippen molar-refractivity contribution < 1.29 is 14.7 Å². The maximum absolute atomic E-state index is 13.3. The van der Waals surface area contributed by atoms with Crippen molar-refractivity contribution in [3.63, 3.8) is 0 Å². The van der Waals surface area contributed by atoms with Gasteiger partial charge in [-0.25, -0.2) is 9.48 Å². The van der Waals surface area contributed by atoms with Crippen molar-refractivity contribution in [3.05, 3.63) is 124 Å². The Hall–Kier alpha value is -4.46. The number of aromatic carboxylic acids is 1. The van der Waals surface area contributed by atoms with Gasteiger partial charge in [0, 0.05) is 33.9 Å². The van der Waals surface area contributed by atoms with Gasteiger partial charge in [0.25, 0.3) is 0 Å². The Morgan fingerprint density at radius 1 is 0.846 bits per heavy atom. The van der Waals surface area contributed by atoms with Crippen LogP contribution in [0.1, 0.15) is 32.1 Å². The predicted octanol–water partition coefficient (Wildman–Crippen LogP) is 7.25. The summed E-state index contributed by atoms with van der Waals surface area (Å²) in [5, 5.41) is 15.8. The number of carbonyl (C=O) groups is 2. The fourth-order valence-corrected chi connectivity index (χ4v) is 4.48. The van der Waals surface area contributed by atoms with Crippen LogP contribution in [0.4, 0.5) is 11.4 Å². The summed E-state index contributed by atoms with van der Waals surface area (Å²) in [6, 6.07) is 24.4. The van der Waals surface area contributed by atoms with Crippen LogP contribution in [0.3, 0.4) is 0 Å². The molecule has 0 atom stereocenters. The number of carboxylic acid groups (broad SMARTS) is 1. The van der Waals surface area contributed by atoms with Gasteiger partial charge in [0.2, 0.25) is 5.78 Å². The molecule has 0 bridgehead atoms. The molecule has 0 aliphatic rings. The molecule has 0 saturated carbocycles. The number of anilines is 2. The topological polar surface area (TPSA) is 88.3 Å². The first-order chi connectivity index (χ1) is 18.7. The second-order valence-corrected chi connectivity index (χ2v) is 9.77. The van der Waals surface area contributed by atoms with Gasteiger partial charge >= 0.3 is 5.97 Å². The van der Waals surface area contributed by atoms with Crippen molar-refractivity contribution in [1.82, 2.24) is 14.8 Å². The molecule has 0 radical (unpaired) electrons. The lowest BCUT2D eigenvalue weighted by Crippen LogP contribution is -2.12. The zero-order chi connectivity index (χ0) is 27.7. The van der Waals surface area contributed by atoms with Gasteiger partial charge in [-0.05, 0) is 79.7 Å². The second kappa shape index (κ2) is 10.7. The molecular formula is C30H22Cl2N4O3. The van der Waals surface area contributed by atoms with Crippen LogP contribution in [-0.2, 0) is 0 Å². The van der Waals surface area contributed by atoms with E-state index in [1.807, 2.05) is 49.2 Å². The third-order valence-electron chi connectivity index (χ3n) is 6.27. The van der Waals surface area contributed by atoms with E-state index in [0.717, 1.165) is 16.9 Å². The fraction of sp³-hybridized carbons (Fsp3) is 0.0667. The van der Waals surface area contributed by atoms with Crippen molar-refractivity contribution in [2.45, 2.75) is 6.92 Å². The van der Waals surface area contributed by atoms with Gasteiger partial charge in [-0.3, -0.25) is 9.78 Å². The van der Waals surface area contributed by atoms with E-state index >= 15 is 0 Å². The molecule has 3 aromatic carbocycles. The minimum Gasteiger partial charge on any atom is -0.478 e. The molecule has 9 heteroatoms. The van der Waals surface area contributed by atoms with Crippen molar-refractivity contribution >= 4 is 46.3 Å². The Bertz CT molecular complexity index is 1680. The maximum Gasteiger partial charge on any atom is 0.337 e. The number of ketones is 1. The van der Waals surface area contributed by atoms with E-state index < -0.39 is 5.97 Å². The third-order valence-corrected chi connectivity index (χ3v) is 6.77. The number of carbonyl (C=O) groups excluding carboxylic acids is 1. The number of rotatable bonds is 7. The van der Waals surface area contributed by atoms with Gasteiger partial charge in [-0.1, -0.05) is 35.3 Å². The van der Waals surface area contributed by atoms with Crippen LogP contribution in [0.25, 0.3) is 16.9 Å². The Balaban J connectivity index is 1.46. The highest BCUT2D eigenvalue weighted by atomic mass is 35.5. The minimum absolute atomic E-state index is 0.0572. The molecule has 0 fully saturated rings. The lowest BCUT2D eigenvalue weighted by Gasteiger charge is -2.19. The Morgan fingerprint density at radius 2 is 1.49 bits per heavy atom. The summed E-state index contributed by atoms with van der Waals surface area (Å²) in [7, 11) is 1.88. The van der Waals surface area contributed by atoms with Crippen LogP contribution in [-0.4, -0.2) is 38.7 Å². The minimum atomic E-state index is -1.18. The van der Waals surface area contributed by atoms with Crippen molar-refractivity contribution in [3.8, 4) is 16.9 Å². The Kier molecular flexibility index (Phi) is 7.19. The van der Waals surface area contributed by atoms with Crippen LogP contribution >= 0.6 is 23.2 Å². The molecule has 1 N–H and O–H groups in total. The highest BCUT2D eigenvalue weighted by Gasteiger charge is 2.21. The molecule has 194 valence electrons. The fourth-order valence-electron chi connectivity index (χ4n) is 4.22. The van der Waals surface area contributed by atoms with E-state index in [4.69, 9.17) is 23.2 Å². The summed E-state index contributed by atoms with van der Waals surface area (Å²) < 4.78 is 1.57. The zero-order valence-corrected chi connectivity index (χ0v) is 22.5. The number of hydrogen-bond acceptors (Lipinski definition) is 5. The smallest absolute Gasteiger partial charge is 0.337 e. The van der Waals surface area contributed by atoms with E-state index in [9.17, 15) is 14.7 Å². The molecule has 5 aromatic rings. The van der Waals surface area contributed by atoms with Gasteiger partial charge < -0.3 is 10.0 Å². The highest BCUT2D eigenvalue weighted by molar-refractivity contribution is 6.30. The first-order valence-electron chi connectivity index (χ1n) is 11.9. The molecule has 0 saturated heterocycles. The molecule has 0 aliphatic heterocycles. The zero-order valence-electron chi connectivity index (χ0n) is 21.0. The summed E-state index contributed by atoms with van der Waals surface area (Å²) in [6.07, 6.45) is 1.60. The predicted molar refractivity (Wildman–Crippen MR) is 153 cm³/mol. The number of pyridine rings is 1. The molecular weight excluding hydrogens is 535 g/mol. The number of aromatic nitrogens is 3. The third kappa shape index (κ3) is 5.41. The van der Waals surface area contributed by atoms with Gasteiger partial charge in [-0.2, -0.15) is 5.10 Å². The molecule has 39 heavy (non-hydrogen) atoms. The van der Waals surface area contributed by atoms with E-state index in [2.05, 4.69) is 10.1 Å². The maximum atomic E-state index is 13.3. The average Bonchev–Trinajstić information content (AvgIpc) is 3.34. The molecule has 5 rings (SSSR count). The van der Waals surface area contributed by atoms with Crippen LogP contribution < -0.4 is 4.90 Å². The van der Waals surface area contributed by atoms with Crippen molar-refractivity contribution in [2.24, 2.45) is 0 Å². The quantitative estimate of drug-likeness (QED) is 0.212. The van der Waals surface area contributed by atoms with E-state index in [0.29, 0.717) is 27.1 Å². The Morgan fingerprint density at radius 3 is 2.10 bits per heavy atom. The number of carboxylic acids is 1. The van der Waals surface area contributed by atoms with Crippen LogP contribution in [0.2, 0.25) is 10.0 Å². The standard InChI is InChI=1S/C30H22Cl2N4O3/c1-18-15-28(19-3-6-21(31)7-4-19)36(34-18)27-14-5-20(16-25(27)30(38)39)29(37)26-13-12-24(17-33-26)35(2)23-10-8-22(32)9-11-23/h3-17H,1-2H3,(H,38,39). The SMILES string of the molecule is Cc1cc(-c2ccc(Cl)cc2)n(-c2ccc(C(=O)c3ccc(N(C)c4ccc(Cl)cc4)cn3)cc2C(=O)O)n1. The normalized spacial score (nSPS) is 10.9. The van der Waals surface area contributed by atoms with Crippen molar-refractivity contribution in [1.29, 1.82) is 0 Å². The first kappa shape index (κ1) is 26.2. The number of halogens is 2. The summed E-state index contributed by atoms with van der Waals surface area (Å²) in [5.74, 6) is -1.57. The monoisotopic (exact) mass is 556 g/mol. The first-order valence-corrected chi connectivity index (χ1v) is 12.7. The molecule has 0 spiro atoms. The summed E-state index contributed by atoms with van der Waals surface area (Å²) >= 11 is 12.0. The second-order valence-electron chi connectivity index (χ2n) is 8.89. The molecule has 7 nitrogen and oxygen atoms in total. The van der Waals surface area contributed by atoms with Gasteiger partial charge in [0.1, 0.15) is 5.69 Å². The van der Waals surface area contributed by atoms with Crippen LogP contribution in [0.15, 0.2) is 91.1 Å². The van der Waals surface area contributed by atoms with Crippen molar-refractivity contribution in [2.75, 3.05) is 11.9 Å². The van der Waals surface area contributed by atoms with Gasteiger partial charge in [0.15, 0.2) is 0 Å². The number of nitrogens with zero attached hydrogens (tertiary/aromatic N) is 4. The summed E-state index contributed by atoms with van der Waals surface area (Å²) in [5.41, 5.74) is 4.61. The van der Waals surface area contributed by atoms with Gasteiger partial charge in [0.05, 0.1) is 34.5 Å². The molecule has 2 aromatic heterocycles. The van der Waals surface area contributed by atoms with Crippen LogP contribution in [0, 0.1) is 6.92 Å². The van der Waals surface area contributed by atoms with Crippen LogP contribution in [0.5, 0.6) is 0 Å². The van der Waals surface area contributed by atoms with Gasteiger partial charge in [-0.15, -0.1) is 0 Å². The molecule has 0 amide bonds. The molecule has 0 unspecified atom stereocenters. The highest BCUT2D eigenvalue weighted by Crippen LogP contribution is 2.29. The van der Waals surface area contributed by atoms with E-state index in [1.54, 1.807) is 59.4 Å². The Labute approximate surface area is 234 Å². The van der Waals surface area contributed by atoms with E-state index in [-0.39, 0.29) is 22.6 Å². The lowest BCUT2D eigenvalue weighted by atomic mass is 10.0.